The number of carbonyl (C=O) groups is 2. The number of rotatable bonds is 8. The van der Waals surface area contributed by atoms with Crippen molar-refractivity contribution in [1.29, 1.82) is 0 Å². The van der Waals surface area contributed by atoms with Gasteiger partial charge in [0.15, 0.2) is 0 Å². The van der Waals surface area contributed by atoms with Crippen molar-refractivity contribution < 1.29 is 14.0 Å². The molecule has 1 aromatic carbocycles. The van der Waals surface area contributed by atoms with Crippen molar-refractivity contribution in [2.75, 3.05) is 13.1 Å². The van der Waals surface area contributed by atoms with E-state index in [1.165, 1.54) is 17.0 Å². The molecule has 2 aromatic rings. The molecule has 4 N–H and O–H groups in total. The minimum absolute atomic E-state index is 0.136. The fourth-order valence-corrected chi connectivity index (χ4v) is 2.92. The number of nitrogens with one attached hydrogen (secondary N) is 2. The number of primary amides is 1. The van der Waals surface area contributed by atoms with Crippen molar-refractivity contribution in [1.82, 2.24) is 10.6 Å². The van der Waals surface area contributed by atoms with Gasteiger partial charge in [0.25, 0.3) is 0 Å². The fraction of sp³-hybridized carbons (Fsp3) is 0.294. The zero-order valence-electron chi connectivity index (χ0n) is 13.1. The second kappa shape index (κ2) is 9.02. The molecule has 24 heavy (non-hydrogen) atoms. The van der Waals surface area contributed by atoms with Crippen LogP contribution in [0.25, 0.3) is 0 Å². The van der Waals surface area contributed by atoms with Crippen molar-refractivity contribution in [2.45, 2.75) is 12.8 Å². The first-order valence-electron chi connectivity index (χ1n) is 7.62. The van der Waals surface area contributed by atoms with Crippen molar-refractivity contribution in [3.8, 4) is 0 Å². The number of benzene rings is 1. The van der Waals surface area contributed by atoms with Gasteiger partial charge in [0.1, 0.15) is 5.82 Å². The lowest BCUT2D eigenvalue weighted by atomic mass is 9.98. The van der Waals surface area contributed by atoms with Crippen molar-refractivity contribution in [2.24, 2.45) is 11.7 Å². The second-order valence-electron chi connectivity index (χ2n) is 5.40. The zero-order valence-corrected chi connectivity index (χ0v) is 13.9. The summed E-state index contributed by atoms with van der Waals surface area (Å²) in [5.41, 5.74) is 6.17. The van der Waals surface area contributed by atoms with Crippen LogP contribution in [-0.4, -0.2) is 25.0 Å². The van der Waals surface area contributed by atoms with E-state index >= 15 is 0 Å². The number of halogens is 1. The number of amides is 3. The van der Waals surface area contributed by atoms with Crippen LogP contribution in [0.1, 0.15) is 10.4 Å². The molecule has 3 amide bonds. The first-order chi connectivity index (χ1) is 11.5. The molecule has 7 heteroatoms. The summed E-state index contributed by atoms with van der Waals surface area (Å²) in [6.07, 6.45) is 1.12. The molecule has 0 spiro atoms. The van der Waals surface area contributed by atoms with Crippen LogP contribution in [-0.2, 0) is 17.6 Å². The first-order valence-corrected chi connectivity index (χ1v) is 8.50. The van der Waals surface area contributed by atoms with Crippen LogP contribution in [0.5, 0.6) is 0 Å². The van der Waals surface area contributed by atoms with E-state index < -0.39 is 11.8 Å². The lowest BCUT2D eigenvalue weighted by molar-refractivity contribution is -0.121. The molecule has 1 aromatic heterocycles. The molecule has 1 atom stereocenters. The number of urea groups is 1. The van der Waals surface area contributed by atoms with Gasteiger partial charge in [-0.15, -0.1) is 11.3 Å². The summed E-state index contributed by atoms with van der Waals surface area (Å²) in [5, 5.41) is 7.38. The van der Waals surface area contributed by atoms with E-state index in [0.717, 1.165) is 12.0 Å². The molecule has 2 rings (SSSR count). The second-order valence-corrected chi connectivity index (χ2v) is 6.43. The SMILES string of the molecule is NC(=O)[C@H](CNC(=O)NCCc1cccs1)Cc1ccc(F)cc1. The van der Waals surface area contributed by atoms with Crippen LogP contribution >= 0.6 is 11.3 Å². The molecule has 0 saturated carbocycles. The Labute approximate surface area is 144 Å². The van der Waals surface area contributed by atoms with E-state index in [9.17, 15) is 14.0 Å². The van der Waals surface area contributed by atoms with Gasteiger partial charge in [-0.2, -0.15) is 0 Å². The van der Waals surface area contributed by atoms with Crippen LogP contribution in [0.15, 0.2) is 41.8 Å². The summed E-state index contributed by atoms with van der Waals surface area (Å²) in [5.74, 6) is -1.38. The lowest BCUT2D eigenvalue weighted by Crippen LogP contribution is -2.42. The van der Waals surface area contributed by atoms with Crippen molar-refractivity contribution in [3.63, 3.8) is 0 Å². The molecule has 0 radical (unpaired) electrons. The highest BCUT2D eigenvalue weighted by molar-refractivity contribution is 7.09. The Kier molecular flexibility index (Phi) is 6.74. The van der Waals surface area contributed by atoms with Crippen LogP contribution < -0.4 is 16.4 Å². The van der Waals surface area contributed by atoms with Crippen LogP contribution in [0.3, 0.4) is 0 Å². The quantitative estimate of drug-likeness (QED) is 0.682. The average Bonchev–Trinajstić information content (AvgIpc) is 3.06. The molecule has 0 fully saturated rings. The van der Waals surface area contributed by atoms with E-state index in [2.05, 4.69) is 10.6 Å². The highest BCUT2D eigenvalue weighted by Gasteiger charge is 2.17. The zero-order chi connectivity index (χ0) is 17.4. The topological polar surface area (TPSA) is 84.2 Å². The smallest absolute Gasteiger partial charge is 0.314 e. The Morgan fingerprint density at radius 3 is 2.54 bits per heavy atom. The van der Waals surface area contributed by atoms with Gasteiger partial charge in [-0.25, -0.2) is 9.18 Å². The van der Waals surface area contributed by atoms with Gasteiger partial charge >= 0.3 is 6.03 Å². The van der Waals surface area contributed by atoms with Gasteiger partial charge in [-0.05, 0) is 42.0 Å². The monoisotopic (exact) mass is 349 g/mol. The fourth-order valence-electron chi connectivity index (χ4n) is 2.21. The minimum atomic E-state index is -0.543. The molecule has 5 nitrogen and oxygen atoms in total. The molecule has 0 bridgehead atoms. The first kappa shape index (κ1) is 17.9. The molecule has 1 heterocycles. The maximum atomic E-state index is 12.9. The molecular weight excluding hydrogens is 329 g/mol. The van der Waals surface area contributed by atoms with Gasteiger partial charge in [-0.1, -0.05) is 18.2 Å². The summed E-state index contributed by atoms with van der Waals surface area (Å²) >= 11 is 1.64. The minimum Gasteiger partial charge on any atom is -0.369 e. The molecule has 128 valence electrons. The van der Waals surface area contributed by atoms with E-state index in [0.29, 0.717) is 13.0 Å². The standard InChI is InChI=1S/C17H20FN3O2S/c18-14-5-3-12(4-6-14)10-13(16(19)22)11-21-17(23)20-8-7-15-2-1-9-24-15/h1-6,9,13H,7-8,10-11H2,(H2,19,22)(H2,20,21,23)/t13-/m0/s1. The Bertz CT molecular complexity index is 659. The van der Waals surface area contributed by atoms with Crippen LogP contribution in [0, 0.1) is 11.7 Å². The van der Waals surface area contributed by atoms with Gasteiger partial charge in [0.05, 0.1) is 5.92 Å². The maximum Gasteiger partial charge on any atom is 0.314 e. The Balaban J connectivity index is 1.74. The Hall–Kier alpha value is -2.41. The number of carbonyl (C=O) groups excluding carboxylic acids is 2. The van der Waals surface area contributed by atoms with Gasteiger partial charge in [0, 0.05) is 18.0 Å². The third kappa shape index (κ3) is 6.00. The molecular formula is C17H20FN3O2S. The third-order valence-corrected chi connectivity index (χ3v) is 4.48. The van der Waals surface area contributed by atoms with E-state index in [-0.39, 0.29) is 18.4 Å². The molecule has 0 unspecified atom stereocenters. The number of nitrogens with two attached hydrogens (primary N) is 1. The van der Waals surface area contributed by atoms with Gasteiger partial charge < -0.3 is 16.4 Å². The van der Waals surface area contributed by atoms with E-state index in [1.807, 2.05) is 17.5 Å². The molecule has 0 aliphatic heterocycles. The molecule has 0 aliphatic carbocycles. The molecule has 0 saturated heterocycles. The van der Waals surface area contributed by atoms with Crippen LogP contribution in [0.4, 0.5) is 9.18 Å². The maximum absolute atomic E-state index is 12.9. The summed E-state index contributed by atoms with van der Waals surface area (Å²) in [6, 6.07) is 9.51. The third-order valence-electron chi connectivity index (χ3n) is 3.54. The number of hydrogen-bond acceptors (Lipinski definition) is 3. The summed E-state index contributed by atoms with van der Waals surface area (Å²) in [7, 11) is 0. The normalized spacial score (nSPS) is 11.7. The number of thiophene rings is 1. The molecule has 0 aliphatic rings. The highest BCUT2D eigenvalue weighted by Crippen LogP contribution is 2.10. The highest BCUT2D eigenvalue weighted by atomic mass is 32.1. The average molecular weight is 349 g/mol. The lowest BCUT2D eigenvalue weighted by Gasteiger charge is -2.15. The number of hydrogen-bond donors (Lipinski definition) is 3. The van der Waals surface area contributed by atoms with Crippen molar-refractivity contribution >= 4 is 23.3 Å². The predicted molar refractivity (Wildman–Crippen MR) is 92.2 cm³/mol. The van der Waals surface area contributed by atoms with E-state index in [4.69, 9.17) is 5.73 Å². The Morgan fingerprint density at radius 1 is 1.17 bits per heavy atom. The summed E-state index contributed by atoms with van der Waals surface area (Å²) < 4.78 is 12.9. The largest absolute Gasteiger partial charge is 0.369 e. The van der Waals surface area contributed by atoms with Gasteiger partial charge in [-0.3, -0.25) is 4.79 Å². The van der Waals surface area contributed by atoms with E-state index in [1.54, 1.807) is 23.5 Å². The Morgan fingerprint density at radius 2 is 1.92 bits per heavy atom. The van der Waals surface area contributed by atoms with Crippen LogP contribution in [0.2, 0.25) is 0 Å². The van der Waals surface area contributed by atoms with Gasteiger partial charge in [0.2, 0.25) is 5.91 Å². The summed E-state index contributed by atoms with van der Waals surface area (Å²) in [6.45, 7) is 0.656. The van der Waals surface area contributed by atoms with Crippen molar-refractivity contribution in [3.05, 3.63) is 58.0 Å². The summed E-state index contributed by atoms with van der Waals surface area (Å²) in [4.78, 5) is 24.5. The predicted octanol–water partition coefficient (Wildman–Crippen LogP) is 2.07.